The summed E-state index contributed by atoms with van der Waals surface area (Å²) in [4.78, 5) is 33.2. The van der Waals surface area contributed by atoms with Crippen LogP contribution < -0.4 is 10.3 Å². The van der Waals surface area contributed by atoms with Crippen molar-refractivity contribution in [3.8, 4) is 5.75 Å². The van der Waals surface area contributed by atoms with Crippen molar-refractivity contribution in [2.24, 2.45) is 0 Å². The molecule has 0 unspecified atom stereocenters. The molecule has 0 saturated carbocycles. The molecule has 0 N–H and O–H groups in total. The van der Waals surface area contributed by atoms with Crippen LogP contribution in [0.25, 0.3) is 10.2 Å². The zero-order chi connectivity index (χ0) is 19.8. The Morgan fingerprint density at radius 1 is 1.39 bits per heavy atom. The van der Waals surface area contributed by atoms with E-state index >= 15 is 0 Å². The van der Waals surface area contributed by atoms with Gasteiger partial charge >= 0.3 is 0 Å². The molecule has 0 spiro atoms. The average molecular weight is 398 g/mol. The summed E-state index contributed by atoms with van der Waals surface area (Å²) in [5.41, 5.74) is 2.07. The Kier molecular flexibility index (Phi) is 4.93. The Bertz CT molecular complexity index is 1100. The van der Waals surface area contributed by atoms with Gasteiger partial charge in [0.15, 0.2) is 0 Å². The van der Waals surface area contributed by atoms with Gasteiger partial charge in [-0.25, -0.2) is 4.98 Å². The lowest BCUT2D eigenvalue weighted by molar-refractivity contribution is -0.131. The molecule has 0 bridgehead atoms. The van der Waals surface area contributed by atoms with Gasteiger partial charge in [0.1, 0.15) is 23.2 Å². The third kappa shape index (κ3) is 3.54. The van der Waals surface area contributed by atoms with Crippen LogP contribution in [0.2, 0.25) is 0 Å². The summed E-state index contributed by atoms with van der Waals surface area (Å²) in [6.45, 7) is 4.58. The smallest absolute Gasteiger partial charge is 0.262 e. The van der Waals surface area contributed by atoms with E-state index < -0.39 is 0 Å². The first kappa shape index (κ1) is 18.7. The van der Waals surface area contributed by atoms with Gasteiger partial charge in [-0.1, -0.05) is 19.1 Å². The SMILES string of the molecule is CCc1cc2c(=O)n(CC(=O)N(C)Cc3ccc4c(c3)C[C@H](C)O4)cnc2s1. The van der Waals surface area contributed by atoms with E-state index in [0.29, 0.717) is 11.9 Å². The summed E-state index contributed by atoms with van der Waals surface area (Å²) in [5, 5.41) is 0.590. The number of aromatic nitrogens is 2. The Labute approximate surface area is 167 Å². The van der Waals surface area contributed by atoms with E-state index in [1.54, 1.807) is 11.9 Å². The number of carbonyl (C=O) groups excluding carboxylic acids is 1. The maximum atomic E-state index is 12.7. The summed E-state index contributed by atoms with van der Waals surface area (Å²) in [6.07, 6.45) is 3.43. The molecule has 2 aromatic heterocycles. The molecule has 28 heavy (non-hydrogen) atoms. The van der Waals surface area contributed by atoms with Crippen molar-refractivity contribution in [1.82, 2.24) is 14.5 Å². The van der Waals surface area contributed by atoms with Gasteiger partial charge in [0.05, 0.1) is 11.7 Å². The molecule has 0 radical (unpaired) electrons. The van der Waals surface area contributed by atoms with Crippen LogP contribution in [0.15, 0.2) is 35.4 Å². The number of hydrogen-bond donors (Lipinski definition) is 0. The van der Waals surface area contributed by atoms with E-state index in [1.807, 2.05) is 25.1 Å². The molecule has 146 valence electrons. The van der Waals surface area contributed by atoms with E-state index in [9.17, 15) is 9.59 Å². The van der Waals surface area contributed by atoms with Crippen molar-refractivity contribution in [3.05, 3.63) is 57.0 Å². The average Bonchev–Trinajstić information content (AvgIpc) is 3.26. The molecule has 7 heteroatoms. The van der Waals surface area contributed by atoms with Gasteiger partial charge in [-0.2, -0.15) is 0 Å². The number of amides is 1. The molecule has 6 nitrogen and oxygen atoms in total. The second-order valence-corrected chi connectivity index (χ2v) is 8.40. The van der Waals surface area contributed by atoms with Gasteiger partial charge < -0.3 is 9.64 Å². The summed E-state index contributed by atoms with van der Waals surface area (Å²) < 4.78 is 7.12. The van der Waals surface area contributed by atoms with Crippen LogP contribution in [-0.4, -0.2) is 33.5 Å². The first-order chi connectivity index (χ1) is 13.4. The predicted molar refractivity (Wildman–Crippen MR) is 110 cm³/mol. The molecular formula is C21H23N3O3S. The molecule has 1 aliphatic rings. The summed E-state index contributed by atoms with van der Waals surface area (Å²) in [5.74, 6) is 0.803. The van der Waals surface area contributed by atoms with Crippen molar-refractivity contribution in [2.45, 2.75) is 45.9 Å². The monoisotopic (exact) mass is 397 g/mol. The molecule has 1 aromatic carbocycles. The number of benzene rings is 1. The molecule has 4 rings (SSSR count). The molecule has 0 fully saturated rings. The van der Waals surface area contributed by atoms with Crippen LogP contribution in [-0.2, 0) is 30.7 Å². The molecule has 1 amide bonds. The Morgan fingerprint density at radius 2 is 2.21 bits per heavy atom. The first-order valence-corrected chi connectivity index (χ1v) is 10.3. The van der Waals surface area contributed by atoms with E-state index in [-0.39, 0.29) is 24.1 Å². The van der Waals surface area contributed by atoms with Gasteiger partial charge in [-0.15, -0.1) is 11.3 Å². The molecule has 0 aliphatic carbocycles. The Morgan fingerprint density at radius 3 is 3.00 bits per heavy atom. The summed E-state index contributed by atoms with van der Waals surface area (Å²) in [6, 6.07) is 7.93. The zero-order valence-corrected chi connectivity index (χ0v) is 17.1. The second kappa shape index (κ2) is 7.39. The van der Waals surface area contributed by atoms with Gasteiger partial charge in [0.25, 0.3) is 5.56 Å². The van der Waals surface area contributed by atoms with Gasteiger partial charge in [-0.05, 0) is 36.6 Å². The fourth-order valence-corrected chi connectivity index (χ4v) is 4.42. The molecule has 0 saturated heterocycles. The third-order valence-electron chi connectivity index (χ3n) is 5.03. The lowest BCUT2D eigenvalue weighted by Gasteiger charge is -2.18. The molecule has 3 aromatic rings. The summed E-state index contributed by atoms with van der Waals surface area (Å²) in [7, 11) is 1.76. The highest BCUT2D eigenvalue weighted by atomic mass is 32.1. The Hall–Kier alpha value is -2.67. The van der Waals surface area contributed by atoms with E-state index in [1.165, 1.54) is 27.8 Å². The van der Waals surface area contributed by atoms with Gasteiger partial charge in [0.2, 0.25) is 5.91 Å². The number of hydrogen-bond acceptors (Lipinski definition) is 5. The number of nitrogens with zero attached hydrogens (tertiary/aromatic N) is 3. The molecule has 1 aliphatic heterocycles. The largest absolute Gasteiger partial charge is 0.490 e. The first-order valence-electron chi connectivity index (χ1n) is 9.45. The lowest BCUT2D eigenvalue weighted by atomic mass is 10.1. The minimum atomic E-state index is -0.161. The maximum absolute atomic E-state index is 12.7. The number of likely N-dealkylation sites (N-methyl/N-ethyl adjacent to an activating group) is 1. The number of ether oxygens (including phenoxy) is 1. The minimum Gasteiger partial charge on any atom is -0.490 e. The number of aryl methyl sites for hydroxylation is 1. The van der Waals surface area contributed by atoms with Crippen LogP contribution in [0.3, 0.4) is 0 Å². The highest BCUT2D eigenvalue weighted by molar-refractivity contribution is 7.18. The third-order valence-corrected chi connectivity index (χ3v) is 6.22. The van der Waals surface area contributed by atoms with Crippen molar-refractivity contribution < 1.29 is 9.53 Å². The highest BCUT2D eigenvalue weighted by Crippen LogP contribution is 2.29. The van der Waals surface area contributed by atoms with Crippen LogP contribution >= 0.6 is 11.3 Å². The standard InChI is InChI=1S/C21H23N3O3S/c1-4-16-9-17-20(28-16)22-12-24(21(17)26)11-19(25)23(3)10-14-5-6-18-15(8-14)7-13(2)27-18/h5-6,8-9,12-13H,4,7,10-11H2,1-3H3/t13-/m0/s1. The molecule has 1 atom stereocenters. The lowest BCUT2D eigenvalue weighted by Crippen LogP contribution is -2.33. The van der Waals surface area contributed by atoms with Crippen molar-refractivity contribution in [3.63, 3.8) is 0 Å². The van der Waals surface area contributed by atoms with Crippen LogP contribution in [0.1, 0.15) is 29.9 Å². The Balaban J connectivity index is 1.48. The summed E-state index contributed by atoms with van der Waals surface area (Å²) >= 11 is 1.53. The van der Waals surface area contributed by atoms with Crippen molar-refractivity contribution in [2.75, 3.05) is 7.05 Å². The predicted octanol–water partition coefficient (Wildman–Crippen LogP) is 3.00. The van der Waals surface area contributed by atoms with Crippen LogP contribution in [0.5, 0.6) is 5.75 Å². The van der Waals surface area contributed by atoms with Gasteiger partial charge in [0, 0.05) is 24.9 Å². The van der Waals surface area contributed by atoms with E-state index in [0.717, 1.165) is 33.9 Å². The van der Waals surface area contributed by atoms with Crippen LogP contribution in [0.4, 0.5) is 0 Å². The van der Waals surface area contributed by atoms with Crippen LogP contribution in [0, 0.1) is 0 Å². The normalized spacial score (nSPS) is 15.5. The fourth-order valence-electron chi connectivity index (χ4n) is 3.50. The molecule has 3 heterocycles. The van der Waals surface area contributed by atoms with Gasteiger partial charge in [-0.3, -0.25) is 14.2 Å². The fraction of sp³-hybridized carbons (Fsp3) is 0.381. The maximum Gasteiger partial charge on any atom is 0.262 e. The number of thiophene rings is 1. The van der Waals surface area contributed by atoms with Crippen molar-refractivity contribution >= 4 is 27.5 Å². The number of carbonyl (C=O) groups is 1. The number of fused-ring (bicyclic) bond motifs is 2. The van der Waals surface area contributed by atoms with E-state index in [4.69, 9.17) is 4.74 Å². The van der Waals surface area contributed by atoms with E-state index in [2.05, 4.69) is 18.0 Å². The quantitative estimate of drug-likeness (QED) is 0.664. The molecular weight excluding hydrogens is 374 g/mol. The van der Waals surface area contributed by atoms with Crippen molar-refractivity contribution in [1.29, 1.82) is 0 Å². The minimum absolute atomic E-state index is 0.0132. The zero-order valence-electron chi connectivity index (χ0n) is 16.3. The topological polar surface area (TPSA) is 64.4 Å². The number of rotatable bonds is 5. The second-order valence-electron chi connectivity index (χ2n) is 7.29. The highest BCUT2D eigenvalue weighted by Gasteiger charge is 2.20.